The Morgan fingerprint density at radius 3 is 2.81 bits per heavy atom. The second kappa shape index (κ2) is 7.51. The summed E-state index contributed by atoms with van der Waals surface area (Å²) >= 11 is 7.53. The number of benzene rings is 2. The zero-order valence-corrected chi connectivity index (χ0v) is 15.5. The fourth-order valence-corrected chi connectivity index (χ4v) is 3.80. The minimum Gasteiger partial charge on any atom is -0.326 e. The second-order valence-corrected chi connectivity index (χ2v) is 7.52. The number of nitrogens with one attached hydrogen (secondary N) is 2. The van der Waals surface area contributed by atoms with Crippen molar-refractivity contribution in [3.05, 3.63) is 64.2 Å². The first-order valence-electron chi connectivity index (χ1n) is 8.35. The molecule has 2 aromatic carbocycles. The van der Waals surface area contributed by atoms with Gasteiger partial charge in [0.2, 0.25) is 5.91 Å². The number of amides is 1. The van der Waals surface area contributed by atoms with Crippen LogP contribution in [-0.4, -0.2) is 29.1 Å². The standard InChI is InChI=1S/C19H17ClN4OS/c20-15-5-1-12(2-6-15)7-8-21-19-24-23-17(11-26-19)13-3-4-14-10-18(25)22-16(14)9-13/h1-6,9H,7-8,10-11H2,(H,21,24)(H,22,25). The number of thioether (sulfide) groups is 1. The Morgan fingerprint density at radius 1 is 1.19 bits per heavy atom. The average molecular weight is 385 g/mol. The molecule has 0 radical (unpaired) electrons. The highest BCUT2D eigenvalue weighted by Crippen LogP contribution is 2.25. The monoisotopic (exact) mass is 384 g/mol. The smallest absolute Gasteiger partial charge is 0.228 e. The van der Waals surface area contributed by atoms with Crippen molar-refractivity contribution in [3.8, 4) is 0 Å². The normalized spacial score (nSPS) is 17.5. The van der Waals surface area contributed by atoms with Gasteiger partial charge in [0.15, 0.2) is 5.17 Å². The summed E-state index contributed by atoms with van der Waals surface area (Å²) in [6.07, 6.45) is 1.32. The highest BCUT2D eigenvalue weighted by molar-refractivity contribution is 8.14. The van der Waals surface area contributed by atoms with E-state index in [1.54, 1.807) is 11.8 Å². The molecule has 2 aliphatic heterocycles. The number of halogens is 1. The van der Waals surface area contributed by atoms with E-state index in [0.717, 1.165) is 44.9 Å². The molecule has 0 aliphatic carbocycles. The molecule has 0 spiro atoms. The van der Waals surface area contributed by atoms with Crippen molar-refractivity contribution in [3.63, 3.8) is 0 Å². The van der Waals surface area contributed by atoms with E-state index in [1.807, 2.05) is 42.5 Å². The summed E-state index contributed by atoms with van der Waals surface area (Å²) in [4.78, 5) is 16.0. The van der Waals surface area contributed by atoms with E-state index in [-0.39, 0.29) is 5.91 Å². The van der Waals surface area contributed by atoms with Crippen LogP contribution in [0.1, 0.15) is 16.7 Å². The molecule has 1 amide bonds. The minimum atomic E-state index is 0.0466. The van der Waals surface area contributed by atoms with Gasteiger partial charge in [-0.15, -0.1) is 0 Å². The first-order valence-corrected chi connectivity index (χ1v) is 9.71. The van der Waals surface area contributed by atoms with Crippen LogP contribution in [0.5, 0.6) is 0 Å². The molecule has 26 heavy (non-hydrogen) atoms. The van der Waals surface area contributed by atoms with Gasteiger partial charge >= 0.3 is 0 Å². The van der Waals surface area contributed by atoms with Crippen LogP contribution in [0.3, 0.4) is 0 Å². The molecular weight excluding hydrogens is 368 g/mol. The van der Waals surface area contributed by atoms with Gasteiger partial charge in [-0.2, -0.15) is 5.10 Å². The quantitative estimate of drug-likeness (QED) is 0.848. The third kappa shape index (κ3) is 3.92. The number of nitrogens with zero attached hydrogens (tertiary/aromatic N) is 2. The molecule has 2 aromatic rings. The molecule has 0 saturated carbocycles. The van der Waals surface area contributed by atoms with Crippen molar-refractivity contribution in [2.24, 2.45) is 10.1 Å². The lowest BCUT2D eigenvalue weighted by Crippen LogP contribution is -2.25. The van der Waals surface area contributed by atoms with Crippen LogP contribution in [0.2, 0.25) is 5.02 Å². The summed E-state index contributed by atoms with van der Waals surface area (Å²) in [6, 6.07) is 13.8. The van der Waals surface area contributed by atoms with Crippen LogP contribution in [0.25, 0.3) is 0 Å². The predicted octanol–water partition coefficient (Wildman–Crippen LogP) is 3.47. The van der Waals surface area contributed by atoms with Gasteiger partial charge in [-0.05, 0) is 35.7 Å². The Morgan fingerprint density at radius 2 is 2.04 bits per heavy atom. The number of carbonyl (C=O) groups is 1. The Kier molecular flexibility index (Phi) is 4.95. The summed E-state index contributed by atoms with van der Waals surface area (Å²) in [6.45, 7) is 0.701. The van der Waals surface area contributed by atoms with Crippen molar-refractivity contribution < 1.29 is 4.79 Å². The van der Waals surface area contributed by atoms with Crippen LogP contribution in [0.4, 0.5) is 5.69 Å². The highest BCUT2D eigenvalue weighted by atomic mass is 35.5. The number of hydrogen-bond donors (Lipinski definition) is 2. The van der Waals surface area contributed by atoms with Crippen LogP contribution in [-0.2, 0) is 17.6 Å². The molecule has 0 bridgehead atoms. The average Bonchev–Trinajstić information content (AvgIpc) is 3.03. The van der Waals surface area contributed by atoms with Gasteiger partial charge in [0, 0.05) is 28.6 Å². The summed E-state index contributed by atoms with van der Waals surface area (Å²) in [5, 5.41) is 8.91. The maximum atomic E-state index is 11.5. The third-order valence-corrected chi connectivity index (χ3v) is 5.43. The Balaban J connectivity index is 1.36. The maximum absolute atomic E-state index is 11.5. The van der Waals surface area contributed by atoms with E-state index in [2.05, 4.69) is 20.8 Å². The number of carbonyl (C=O) groups excluding carboxylic acids is 1. The lowest BCUT2D eigenvalue weighted by molar-refractivity contribution is -0.115. The van der Waals surface area contributed by atoms with E-state index >= 15 is 0 Å². The van der Waals surface area contributed by atoms with E-state index in [9.17, 15) is 4.79 Å². The van der Waals surface area contributed by atoms with Gasteiger partial charge in [-0.25, -0.2) is 0 Å². The Bertz CT molecular complexity index is 908. The number of rotatable bonds is 4. The van der Waals surface area contributed by atoms with Crippen LogP contribution in [0.15, 0.2) is 52.6 Å². The van der Waals surface area contributed by atoms with Crippen molar-refractivity contribution in [2.45, 2.75) is 12.8 Å². The van der Waals surface area contributed by atoms with Gasteiger partial charge in [-0.1, -0.05) is 47.6 Å². The molecule has 4 rings (SSSR count). The number of hydrazone groups is 1. The molecule has 0 unspecified atom stereocenters. The fraction of sp³-hybridized carbons (Fsp3) is 0.211. The number of fused-ring (bicyclic) bond motifs is 1. The lowest BCUT2D eigenvalue weighted by atomic mass is 10.1. The molecule has 5 nitrogen and oxygen atoms in total. The van der Waals surface area contributed by atoms with Gasteiger partial charge in [-0.3, -0.25) is 15.2 Å². The Labute approximate surface area is 160 Å². The summed E-state index contributed by atoms with van der Waals surface area (Å²) < 4.78 is 0. The molecule has 2 heterocycles. The molecule has 0 atom stereocenters. The van der Waals surface area contributed by atoms with Gasteiger partial charge in [0.1, 0.15) is 0 Å². The summed E-state index contributed by atoms with van der Waals surface area (Å²) in [5.41, 5.74) is 8.15. The zero-order valence-electron chi connectivity index (χ0n) is 14.0. The molecule has 0 saturated heterocycles. The maximum Gasteiger partial charge on any atom is 0.228 e. The second-order valence-electron chi connectivity index (χ2n) is 6.12. The van der Waals surface area contributed by atoms with Crippen molar-refractivity contribution in [2.75, 3.05) is 17.6 Å². The van der Waals surface area contributed by atoms with Gasteiger partial charge in [0.25, 0.3) is 0 Å². The van der Waals surface area contributed by atoms with Crippen LogP contribution >= 0.6 is 23.4 Å². The van der Waals surface area contributed by atoms with Crippen LogP contribution < -0.4 is 10.7 Å². The predicted molar refractivity (Wildman–Crippen MR) is 108 cm³/mol. The van der Waals surface area contributed by atoms with Crippen LogP contribution in [0, 0.1) is 0 Å². The zero-order chi connectivity index (χ0) is 17.9. The first-order chi connectivity index (χ1) is 12.7. The number of aliphatic imine (C=N–C) groups is 1. The van der Waals surface area contributed by atoms with E-state index < -0.39 is 0 Å². The number of anilines is 1. The third-order valence-electron chi connectivity index (χ3n) is 4.27. The summed E-state index contributed by atoms with van der Waals surface area (Å²) in [5.74, 6) is 0.796. The molecule has 0 aromatic heterocycles. The SMILES string of the molecule is O=C1Cc2ccc(C3=NNC(=NCCc4ccc(Cl)cc4)SC3)cc2N1. The minimum absolute atomic E-state index is 0.0466. The molecule has 7 heteroatoms. The fourth-order valence-electron chi connectivity index (χ4n) is 2.88. The number of hydrogen-bond acceptors (Lipinski definition) is 4. The Hall–Kier alpha value is -2.31. The van der Waals surface area contributed by atoms with Crippen molar-refractivity contribution in [1.29, 1.82) is 0 Å². The molecule has 132 valence electrons. The number of amidine groups is 1. The van der Waals surface area contributed by atoms with Gasteiger partial charge in [0.05, 0.1) is 12.1 Å². The van der Waals surface area contributed by atoms with E-state index in [4.69, 9.17) is 11.6 Å². The van der Waals surface area contributed by atoms with E-state index in [0.29, 0.717) is 13.0 Å². The molecular formula is C19H17ClN4OS. The van der Waals surface area contributed by atoms with Crippen molar-refractivity contribution >= 4 is 45.8 Å². The largest absolute Gasteiger partial charge is 0.326 e. The molecule has 2 N–H and O–H groups in total. The highest BCUT2D eigenvalue weighted by Gasteiger charge is 2.20. The van der Waals surface area contributed by atoms with Gasteiger partial charge < -0.3 is 5.32 Å². The van der Waals surface area contributed by atoms with E-state index in [1.165, 1.54) is 5.56 Å². The summed E-state index contributed by atoms with van der Waals surface area (Å²) in [7, 11) is 0. The topological polar surface area (TPSA) is 65.8 Å². The molecule has 0 fully saturated rings. The molecule has 2 aliphatic rings. The first kappa shape index (κ1) is 17.1. The lowest BCUT2D eigenvalue weighted by Gasteiger charge is -2.15. The van der Waals surface area contributed by atoms with Crippen molar-refractivity contribution in [1.82, 2.24) is 5.43 Å².